The summed E-state index contributed by atoms with van der Waals surface area (Å²) in [5.41, 5.74) is 1.15. The summed E-state index contributed by atoms with van der Waals surface area (Å²) in [5, 5.41) is 10.5. The molecule has 0 saturated heterocycles. The molecule has 2 N–H and O–H groups in total. The minimum Gasteiger partial charge on any atom is -0.395 e. The molecule has 74 valence electrons. The number of H-pyrrole nitrogens is 1. The van der Waals surface area contributed by atoms with Crippen LogP contribution in [0.4, 0.5) is 0 Å². The molecule has 0 spiro atoms. The molecule has 14 heavy (non-hydrogen) atoms. The van der Waals surface area contributed by atoms with Gasteiger partial charge in [-0.15, -0.1) is 11.8 Å². The van der Waals surface area contributed by atoms with Gasteiger partial charge in [-0.1, -0.05) is 25.1 Å². The molecule has 0 aliphatic carbocycles. The molecule has 2 aromatic rings. The first kappa shape index (κ1) is 9.62. The zero-order valence-corrected chi connectivity index (χ0v) is 8.84. The van der Waals surface area contributed by atoms with Gasteiger partial charge in [0.25, 0.3) is 0 Å². The molecule has 1 aromatic carbocycles. The van der Waals surface area contributed by atoms with E-state index in [4.69, 9.17) is 5.11 Å². The van der Waals surface area contributed by atoms with Gasteiger partial charge < -0.3 is 10.1 Å². The Labute approximate surface area is 87.3 Å². The zero-order valence-electron chi connectivity index (χ0n) is 8.03. The van der Waals surface area contributed by atoms with Crippen LogP contribution in [0.5, 0.6) is 0 Å². The highest BCUT2D eigenvalue weighted by Crippen LogP contribution is 2.30. The maximum atomic E-state index is 8.97. The van der Waals surface area contributed by atoms with Crippen LogP contribution in [0.15, 0.2) is 35.4 Å². The molecule has 1 heterocycles. The van der Waals surface area contributed by atoms with E-state index in [-0.39, 0.29) is 11.9 Å². The van der Waals surface area contributed by atoms with E-state index >= 15 is 0 Å². The molecule has 0 radical (unpaired) electrons. The number of aliphatic hydroxyl groups excluding tert-OH is 1. The van der Waals surface area contributed by atoms with E-state index in [1.807, 2.05) is 25.3 Å². The van der Waals surface area contributed by atoms with Crippen molar-refractivity contribution in [3.05, 3.63) is 30.5 Å². The highest BCUT2D eigenvalue weighted by atomic mass is 32.2. The summed E-state index contributed by atoms with van der Waals surface area (Å²) >= 11 is 1.70. The van der Waals surface area contributed by atoms with Crippen LogP contribution in [-0.4, -0.2) is 21.9 Å². The number of fused-ring (bicyclic) bond motifs is 1. The number of para-hydroxylation sites is 1. The van der Waals surface area contributed by atoms with Crippen LogP contribution in [0, 0.1) is 0 Å². The predicted octanol–water partition coefficient (Wildman–Crippen LogP) is 2.64. The number of hydrogen-bond acceptors (Lipinski definition) is 2. The lowest BCUT2D eigenvalue weighted by atomic mass is 10.2. The molecule has 0 amide bonds. The van der Waals surface area contributed by atoms with Crippen LogP contribution in [-0.2, 0) is 0 Å². The standard InChI is InChI=1S/C11H13NOS/c1-8(7-13)14-11-6-12-10-5-3-2-4-9(10)11/h2-6,8,12-13H,7H2,1H3. The molecule has 1 aromatic heterocycles. The van der Waals surface area contributed by atoms with Crippen LogP contribution in [0.3, 0.4) is 0 Å². The second kappa shape index (κ2) is 4.07. The predicted molar refractivity (Wildman–Crippen MR) is 60.7 cm³/mol. The van der Waals surface area contributed by atoms with Gasteiger partial charge in [-0.2, -0.15) is 0 Å². The molecule has 0 fully saturated rings. The van der Waals surface area contributed by atoms with Gasteiger partial charge in [-0.25, -0.2) is 0 Å². The van der Waals surface area contributed by atoms with Crippen LogP contribution in [0.25, 0.3) is 10.9 Å². The highest BCUT2D eigenvalue weighted by molar-refractivity contribution is 8.00. The van der Waals surface area contributed by atoms with Gasteiger partial charge in [0.05, 0.1) is 6.61 Å². The topological polar surface area (TPSA) is 36.0 Å². The Morgan fingerprint density at radius 2 is 2.21 bits per heavy atom. The molecule has 0 saturated carbocycles. The van der Waals surface area contributed by atoms with E-state index in [0.717, 1.165) is 5.52 Å². The van der Waals surface area contributed by atoms with Crippen LogP contribution >= 0.6 is 11.8 Å². The molecular weight excluding hydrogens is 194 g/mol. The number of hydrogen-bond donors (Lipinski definition) is 2. The fourth-order valence-corrected chi connectivity index (χ4v) is 2.34. The fraction of sp³-hybridized carbons (Fsp3) is 0.273. The van der Waals surface area contributed by atoms with Crippen molar-refractivity contribution in [1.82, 2.24) is 4.98 Å². The van der Waals surface area contributed by atoms with E-state index < -0.39 is 0 Å². The molecule has 0 aliphatic heterocycles. The highest BCUT2D eigenvalue weighted by Gasteiger charge is 2.07. The number of benzene rings is 1. The van der Waals surface area contributed by atoms with Crippen molar-refractivity contribution in [3.63, 3.8) is 0 Å². The van der Waals surface area contributed by atoms with E-state index in [1.54, 1.807) is 11.8 Å². The first-order valence-corrected chi connectivity index (χ1v) is 5.53. The number of thioether (sulfide) groups is 1. The van der Waals surface area contributed by atoms with Crippen molar-refractivity contribution in [1.29, 1.82) is 0 Å². The van der Waals surface area contributed by atoms with Crippen molar-refractivity contribution in [2.75, 3.05) is 6.61 Å². The maximum absolute atomic E-state index is 8.97. The first-order chi connectivity index (χ1) is 6.81. The summed E-state index contributed by atoms with van der Waals surface area (Å²) in [6.45, 7) is 2.23. The van der Waals surface area contributed by atoms with Crippen LogP contribution in [0.1, 0.15) is 6.92 Å². The summed E-state index contributed by atoms with van der Waals surface area (Å²) in [6.07, 6.45) is 2.00. The lowest BCUT2D eigenvalue weighted by Gasteiger charge is -2.05. The van der Waals surface area contributed by atoms with Crippen molar-refractivity contribution in [3.8, 4) is 0 Å². The number of aromatic amines is 1. The number of aliphatic hydroxyl groups is 1. The SMILES string of the molecule is CC(CO)Sc1c[nH]c2ccccc12. The van der Waals surface area contributed by atoms with Gasteiger partial charge in [-0.05, 0) is 6.07 Å². The molecule has 1 atom stereocenters. The lowest BCUT2D eigenvalue weighted by Crippen LogP contribution is -2.00. The summed E-state index contributed by atoms with van der Waals surface area (Å²) in [4.78, 5) is 4.43. The first-order valence-electron chi connectivity index (χ1n) is 4.65. The summed E-state index contributed by atoms with van der Waals surface area (Å²) in [7, 11) is 0. The summed E-state index contributed by atoms with van der Waals surface area (Å²) in [6, 6.07) is 8.20. The number of nitrogens with one attached hydrogen (secondary N) is 1. The van der Waals surface area contributed by atoms with Crippen molar-refractivity contribution >= 4 is 22.7 Å². The lowest BCUT2D eigenvalue weighted by molar-refractivity contribution is 0.300. The van der Waals surface area contributed by atoms with Crippen molar-refractivity contribution < 1.29 is 5.11 Å². The minimum absolute atomic E-state index is 0.212. The molecule has 2 nitrogen and oxygen atoms in total. The van der Waals surface area contributed by atoms with Crippen molar-refractivity contribution in [2.24, 2.45) is 0 Å². The summed E-state index contributed by atoms with van der Waals surface area (Å²) in [5.74, 6) is 0. The van der Waals surface area contributed by atoms with Gasteiger partial charge in [0.2, 0.25) is 0 Å². The average molecular weight is 207 g/mol. The molecule has 0 aliphatic rings. The second-order valence-corrected chi connectivity index (χ2v) is 4.79. The third-order valence-electron chi connectivity index (χ3n) is 2.14. The Morgan fingerprint density at radius 1 is 1.43 bits per heavy atom. The van der Waals surface area contributed by atoms with E-state index in [9.17, 15) is 0 Å². The Hall–Kier alpha value is -0.930. The van der Waals surface area contributed by atoms with E-state index in [1.165, 1.54) is 10.3 Å². The monoisotopic (exact) mass is 207 g/mol. The largest absolute Gasteiger partial charge is 0.395 e. The third-order valence-corrected chi connectivity index (χ3v) is 3.28. The minimum atomic E-state index is 0.212. The Kier molecular flexibility index (Phi) is 2.79. The molecular formula is C11H13NOS. The van der Waals surface area contributed by atoms with Gasteiger partial charge >= 0.3 is 0 Å². The quantitative estimate of drug-likeness (QED) is 0.759. The molecule has 2 rings (SSSR count). The zero-order chi connectivity index (χ0) is 9.97. The average Bonchev–Trinajstić information content (AvgIpc) is 2.62. The summed E-state index contributed by atoms with van der Waals surface area (Å²) < 4.78 is 0. The number of aromatic nitrogens is 1. The Balaban J connectivity index is 2.33. The Bertz CT molecular complexity index is 424. The van der Waals surface area contributed by atoms with Crippen molar-refractivity contribution in [2.45, 2.75) is 17.1 Å². The van der Waals surface area contributed by atoms with E-state index in [2.05, 4.69) is 17.1 Å². The number of rotatable bonds is 3. The van der Waals surface area contributed by atoms with E-state index in [0.29, 0.717) is 0 Å². The van der Waals surface area contributed by atoms with Gasteiger partial charge in [-0.3, -0.25) is 0 Å². The van der Waals surface area contributed by atoms with Gasteiger partial charge in [0, 0.05) is 27.2 Å². The second-order valence-electron chi connectivity index (χ2n) is 3.31. The Morgan fingerprint density at radius 3 is 3.00 bits per heavy atom. The van der Waals surface area contributed by atoms with Gasteiger partial charge in [0.1, 0.15) is 0 Å². The smallest absolute Gasteiger partial charge is 0.0550 e. The third kappa shape index (κ3) is 1.79. The molecule has 0 bridgehead atoms. The molecule has 3 heteroatoms. The fourth-order valence-electron chi connectivity index (χ4n) is 1.40. The van der Waals surface area contributed by atoms with Gasteiger partial charge in [0.15, 0.2) is 0 Å². The van der Waals surface area contributed by atoms with Crippen LogP contribution < -0.4 is 0 Å². The molecule has 1 unspecified atom stereocenters. The van der Waals surface area contributed by atoms with Crippen LogP contribution in [0.2, 0.25) is 0 Å². The normalized spacial score (nSPS) is 13.3. The maximum Gasteiger partial charge on any atom is 0.0550 e.